The summed E-state index contributed by atoms with van der Waals surface area (Å²) in [7, 11) is 0. The van der Waals surface area contributed by atoms with Crippen molar-refractivity contribution in [2.45, 2.75) is 18.9 Å². The van der Waals surface area contributed by atoms with Gasteiger partial charge in [0.25, 0.3) is 5.91 Å². The summed E-state index contributed by atoms with van der Waals surface area (Å²) in [5.41, 5.74) is 0. The van der Waals surface area contributed by atoms with Crippen LogP contribution in [0.2, 0.25) is 0 Å². The number of ether oxygens (including phenoxy) is 2. The minimum atomic E-state index is -0.461. The number of rotatable bonds is 5. The third-order valence-electron chi connectivity index (χ3n) is 2.61. The molecule has 0 saturated carbocycles. The first kappa shape index (κ1) is 13.0. The van der Waals surface area contributed by atoms with Crippen LogP contribution >= 0.6 is 11.3 Å². The van der Waals surface area contributed by atoms with Crippen LogP contribution < -0.4 is 5.32 Å². The van der Waals surface area contributed by atoms with E-state index in [0.717, 1.165) is 19.4 Å². The maximum atomic E-state index is 11.5. The SMILES string of the molecule is O=C(COC(=O)c1cccs1)NC[C@@H]1CCCO1. The number of hydrogen-bond donors (Lipinski definition) is 1. The molecule has 5 nitrogen and oxygen atoms in total. The molecule has 0 aliphatic carbocycles. The fraction of sp³-hybridized carbons (Fsp3) is 0.500. The van der Waals surface area contributed by atoms with Gasteiger partial charge in [-0.15, -0.1) is 11.3 Å². The van der Waals surface area contributed by atoms with Crippen molar-refractivity contribution in [1.82, 2.24) is 5.32 Å². The summed E-state index contributed by atoms with van der Waals surface area (Å²) in [6, 6.07) is 3.43. The molecule has 1 atom stereocenters. The zero-order valence-corrected chi connectivity index (χ0v) is 10.7. The molecule has 0 unspecified atom stereocenters. The Kier molecular flexibility index (Phi) is 4.72. The number of carbonyl (C=O) groups excluding carboxylic acids is 2. The predicted octanol–water partition coefficient (Wildman–Crippen LogP) is 1.20. The zero-order chi connectivity index (χ0) is 12.8. The van der Waals surface area contributed by atoms with Crippen LogP contribution in [-0.2, 0) is 14.3 Å². The minimum absolute atomic E-state index is 0.0990. The highest BCUT2D eigenvalue weighted by atomic mass is 32.1. The van der Waals surface area contributed by atoms with Gasteiger partial charge in [0.2, 0.25) is 0 Å². The molecule has 1 saturated heterocycles. The molecule has 0 radical (unpaired) electrons. The maximum Gasteiger partial charge on any atom is 0.348 e. The lowest BCUT2D eigenvalue weighted by atomic mass is 10.2. The molecule has 1 aliphatic heterocycles. The van der Waals surface area contributed by atoms with E-state index in [1.165, 1.54) is 11.3 Å². The lowest BCUT2D eigenvalue weighted by molar-refractivity contribution is -0.124. The topological polar surface area (TPSA) is 64.6 Å². The van der Waals surface area contributed by atoms with Gasteiger partial charge < -0.3 is 14.8 Å². The van der Waals surface area contributed by atoms with E-state index in [1.54, 1.807) is 17.5 Å². The van der Waals surface area contributed by atoms with Crippen molar-refractivity contribution in [3.63, 3.8) is 0 Å². The lowest BCUT2D eigenvalue weighted by Crippen LogP contribution is -2.34. The van der Waals surface area contributed by atoms with Crippen LogP contribution in [0.3, 0.4) is 0 Å². The fourth-order valence-corrected chi connectivity index (χ4v) is 2.30. The van der Waals surface area contributed by atoms with Gasteiger partial charge in [0.05, 0.1) is 6.10 Å². The minimum Gasteiger partial charge on any atom is -0.451 e. The molecule has 1 aromatic heterocycles. The molecule has 98 valence electrons. The monoisotopic (exact) mass is 269 g/mol. The van der Waals surface area contributed by atoms with Crippen LogP contribution in [0, 0.1) is 0 Å². The molecular formula is C12H15NO4S. The van der Waals surface area contributed by atoms with Crippen LogP contribution in [0.5, 0.6) is 0 Å². The van der Waals surface area contributed by atoms with Gasteiger partial charge in [0.15, 0.2) is 6.61 Å². The molecule has 1 amide bonds. The molecule has 1 fully saturated rings. The Balaban J connectivity index is 1.63. The van der Waals surface area contributed by atoms with Gasteiger partial charge in [0, 0.05) is 13.2 Å². The van der Waals surface area contributed by atoms with Gasteiger partial charge in [-0.05, 0) is 24.3 Å². The Morgan fingerprint density at radius 3 is 3.11 bits per heavy atom. The van der Waals surface area contributed by atoms with Gasteiger partial charge in [-0.2, -0.15) is 0 Å². The summed E-state index contributed by atoms with van der Waals surface area (Å²) >= 11 is 1.29. The molecule has 0 aromatic carbocycles. The average Bonchev–Trinajstić information content (AvgIpc) is 3.05. The van der Waals surface area contributed by atoms with Gasteiger partial charge in [-0.25, -0.2) is 4.79 Å². The molecule has 1 aromatic rings. The predicted molar refractivity (Wildman–Crippen MR) is 66.6 cm³/mol. The normalized spacial score (nSPS) is 18.6. The van der Waals surface area contributed by atoms with Crippen molar-refractivity contribution in [2.24, 2.45) is 0 Å². The van der Waals surface area contributed by atoms with E-state index < -0.39 is 5.97 Å². The number of thiophene rings is 1. The first-order chi connectivity index (χ1) is 8.75. The highest BCUT2D eigenvalue weighted by Crippen LogP contribution is 2.11. The standard InChI is InChI=1S/C12H15NO4S/c14-11(13-7-9-3-1-5-16-9)8-17-12(15)10-4-2-6-18-10/h2,4,6,9H,1,3,5,7-8H2,(H,13,14)/t9-/m0/s1. The Hall–Kier alpha value is -1.40. The number of carbonyl (C=O) groups is 2. The van der Waals surface area contributed by atoms with E-state index in [9.17, 15) is 9.59 Å². The van der Waals surface area contributed by atoms with Crippen LogP contribution in [0.15, 0.2) is 17.5 Å². The molecule has 2 rings (SSSR count). The number of nitrogens with one attached hydrogen (secondary N) is 1. The first-order valence-corrected chi connectivity index (χ1v) is 6.72. The van der Waals surface area contributed by atoms with E-state index >= 15 is 0 Å². The second-order valence-electron chi connectivity index (χ2n) is 3.99. The van der Waals surface area contributed by atoms with E-state index in [2.05, 4.69) is 5.32 Å². The van der Waals surface area contributed by atoms with Crippen molar-refractivity contribution >= 4 is 23.2 Å². The second-order valence-corrected chi connectivity index (χ2v) is 4.94. The summed E-state index contributed by atoms with van der Waals surface area (Å²) < 4.78 is 10.2. The molecule has 0 spiro atoms. The summed E-state index contributed by atoms with van der Waals surface area (Å²) in [6.07, 6.45) is 2.10. The Bertz CT molecular complexity index is 398. The van der Waals surface area contributed by atoms with Crippen molar-refractivity contribution < 1.29 is 19.1 Å². The second kappa shape index (κ2) is 6.51. The van der Waals surface area contributed by atoms with E-state index in [1.807, 2.05) is 0 Å². The summed E-state index contributed by atoms with van der Waals surface area (Å²) in [6.45, 7) is 0.993. The Morgan fingerprint density at radius 1 is 1.56 bits per heavy atom. The summed E-state index contributed by atoms with van der Waals surface area (Å²) in [5.74, 6) is -0.757. The van der Waals surface area contributed by atoms with E-state index in [4.69, 9.17) is 9.47 Å². The van der Waals surface area contributed by atoms with Crippen LogP contribution in [0.25, 0.3) is 0 Å². The van der Waals surface area contributed by atoms with E-state index in [-0.39, 0.29) is 18.6 Å². The quantitative estimate of drug-likeness (QED) is 0.816. The average molecular weight is 269 g/mol. The van der Waals surface area contributed by atoms with Crippen molar-refractivity contribution in [3.8, 4) is 0 Å². The van der Waals surface area contributed by atoms with Crippen molar-refractivity contribution in [1.29, 1.82) is 0 Å². The summed E-state index contributed by atoms with van der Waals surface area (Å²) in [4.78, 5) is 23.4. The van der Waals surface area contributed by atoms with Crippen LogP contribution in [-0.4, -0.2) is 37.7 Å². The van der Waals surface area contributed by atoms with Gasteiger partial charge >= 0.3 is 5.97 Å². The first-order valence-electron chi connectivity index (χ1n) is 5.84. The van der Waals surface area contributed by atoms with Crippen LogP contribution in [0.1, 0.15) is 22.5 Å². The fourth-order valence-electron chi connectivity index (χ4n) is 1.68. The smallest absolute Gasteiger partial charge is 0.348 e. The Labute approximate surface area is 109 Å². The third-order valence-corrected chi connectivity index (χ3v) is 3.46. The van der Waals surface area contributed by atoms with Crippen LogP contribution in [0.4, 0.5) is 0 Å². The zero-order valence-electron chi connectivity index (χ0n) is 9.89. The third kappa shape index (κ3) is 3.82. The highest BCUT2D eigenvalue weighted by molar-refractivity contribution is 7.11. The molecule has 2 heterocycles. The number of esters is 1. The lowest BCUT2D eigenvalue weighted by Gasteiger charge is -2.10. The molecule has 0 bridgehead atoms. The largest absolute Gasteiger partial charge is 0.451 e. The molecule has 6 heteroatoms. The molecule has 18 heavy (non-hydrogen) atoms. The summed E-state index contributed by atoms with van der Waals surface area (Å²) in [5, 5.41) is 4.47. The number of hydrogen-bond acceptors (Lipinski definition) is 5. The molecular weight excluding hydrogens is 254 g/mol. The van der Waals surface area contributed by atoms with Gasteiger partial charge in [-0.3, -0.25) is 4.79 Å². The maximum absolute atomic E-state index is 11.5. The molecule has 1 N–H and O–H groups in total. The number of amides is 1. The highest BCUT2D eigenvalue weighted by Gasteiger charge is 2.17. The Morgan fingerprint density at radius 2 is 2.44 bits per heavy atom. The van der Waals surface area contributed by atoms with Gasteiger partial charge in [-0.1, -0.05) is 6.07 Å². The molecule has 1 aliphatic rings. The van der Waals surface area contributed by atoms with Gasteiger partial charge in [0.1, 0.15) is 4.88 Å². The van der Waals surface area contributed by atoms with Crippen molar-refractivity contribution in [3.05, 3.63) is 22.4 Å². The van der Waals surface area contributed by atoms with E-state index in [0.29, 0.717) is 11.4 Å². The van der Waals surface area contributed by atoms with Crippen molar-refractivity contribution in [2.75, 3.05) is 19.8 Å².